The minimum Gasteiger partial charge on any atom is -0.355 e. The summed E-state index contributed by atoms with van der Waals surface area (Å²) in [5.74, 6) is 0.218. The highest BCUT2D eigenvalue weighted by Crippen LogP contribution is 2.25. The van der Waals surface area contributed by atoms with Gasteiger partial charge < -0.3 is 11.1 Å². The molecule has 0 radical (unpaired) electrons. The zero-order chi connectivity index (χ0) is 14.3. The zero-order valence-corrected chi connectivity index (χ0v) is 13.0. The lowest BCUT2D eigenvalue weighted by Gasteiger charge is -2.30. The summed E-state index contributed by atoms with van der Waals surface area (Å²) < 4.78 is 0. The van der Waals surface area contributed by atoms with E-state index in [0.29, 0.717) is 0 Å². The standard InChI is InChI=1S/C16H32N2O/c1-4-5-8-11-16(2,3)12-18-15(19)13-9-6-7-10-14(13)17/h13-14H,4-12,17H2,1-3H3,(H,18,19). The first-order valence-corrected chi connectivity index (χ1v) is 7.99. The highest BCUT2D eigenvalue weighted by atomic mass is 16.1. The molecular weight excluding hydrogens is 236 g/mol. The lowest BCUT2D eigenvalue weighted by molar-refractivity contribution is -0.126. The SMILES string of the molecule is CCCCCC(C)(C)CNC(=O)C1CCCCC1N. The molecule has 3 N–H and O–H groups in total. The quantitative estimate of drug-likeness (QED) is 0.697. The second-order valence-electron chi connectivity index (χ2n) is 6.89. The number of unbranched alkanes of at least 4 members (excludes halogenated alkanes) is 2. The molecule has 1 rings (SSSR count). The number of hydrogen-bond donors (Lipinski definition) is 2. The van der Waals surface area contributed by atoms with Crippen LogP contribution < -0.4 is 11.1 Å². The number of rotatable bonds is 7. The van der Waals surface area contributed by atoms with E-state index in [-0.39, 0.29) is 23.3 Å². The highest BCUT2D eigenvalue weighted by molar-refractivity contribution is 5.79. The van der Waals surface area contributed by atoms with Gasteiger partial charge >= 0.3 is 0 Å². The van der Waals surface area contributed by atoms with Crippen LogP contribution in [0.1, 0.15) is 72.1 Å². The van der Waals surface area contributed by atoms with Crippen molar-refractivity contribution in [1.29, 1.82) is 0 Å². The van der Waals surface area contributed by atoms with Crippen molar-refractivity contribution in [3.63, 3.8) is 0 Å². The fraction of sp³-hybridized carbons (Fsp3) is 0.938. The molecule has 0 spiro atoms. The van der Waals surface area contributed by atoms with Gasteiger partial charge in [-0.1, -0.05) is 52.9 Å². The van der Waals surface area contributed by atoms with Gasteiger partial charge in [-0.25, -0.2) is 0 Å². The van der Waals surface area contributed by atoms with Crippen LogP contribution in [0.4, 0.5) is 0 Å². The molecule has 3 nitrogen and oxygen atoms in total. The molecule has 2 unspecified atom stereocenters. The molecular formula is C16H32N2O. The molecule has 0 aromatic rings. The van der Waals surface area contributed by atoms with Gasteiger partial charge in [0.15, 0.2) is 0 Å². The van der Waals surface area contributed by atoms with Crippen molar-refractivity contribution >= 4 is 5.91 Å². The van der Waals surface area contributed by atoms with E-state index in [4.69, 9.17) is 5.73 Å². The molecule has 112 valence electrons. The molecule has 1 saturated carbocycles. The topological polar surface area (TPSA) is 55.1 Å². The summed E-state index contributed by atoms with van der Waals surface area (Å²) in [6.45, 7) is 7.48. The van der Waals surface area contributed by atoms with Crippen molar-refractivity contribution < 1.29 is 4.79 Å². The van der Waals surface area contributed by atoms with Gasteiger partial charge in [0.05, 0.1) is 5.92 Å². The average Bonchev–Trinajstić information content (AvgIpc) is 2.37. The smallest absolute Gasteiger partial charge is 0.224 e. The van der Waals surface area contributed by atoms with E-state index in [2.05, 4.69) is 26.1 Å². The number of carbonyl (C=O) groups is 1. The third-order valence-electron chi connectivity index (χ3n) is 4.35. The lowest BCUT2D eigenvalue weighted by atomic mass is 9.83. The average molecular weight is 268 g/mol. The molecule has 0 aromatic heterocycles. The van der Waals surface area contributed by atoms with Gasteiger partial charge in [-0.05, 0) is 24.7 Å². The first-order chi connectivity index (χ1) is 8.96. The summed E-state index contributed by atoms with van der Waals surface area (Å²) in [4.78, 5) is 12.2. The molecule has 0 aliphatic heterocycles. The first kappa shape index (κ1) is 16.5. The summed E-state index contributed by atoms with van der Waals surface area (Å²) in [7, 11) is 0. The molecule has 0 heterocycles. The van der Waals surface area contributed by atoms with E-state index in [9.17, 15) is 4.79 Å². The van der Waals surface area contributed by atoms with Crippen LogP contribution in [-0.2, 0) is 4.79 Å². The van der Waals surface area contributed by atoms with E-state index >= 15 is 0 Å². The van der Waals surface area contributed by atoms with Crippen LogP contribution in [0.5, 0.6) is 0 Å². The van der Waals surface area contributed by atoms with E-state index < -0.39 is 0 Å². The van der Waals surface area contributed by atoms with Gasteiger partial charge in [0, 0.05) is 12.6 Å². The Morgan fingerprint density at radius 3 is 2.58 bits per heavy atom. The summed E-state index contributed by atoms with van der Waals surface area (Å²) in [5, 5.41) is 3.13. The van der Waals surface area contributed by atoms with Gasteiger partial charge in [0.25, 0.3) is 0 Å². The summed E-state index contributed by atoms with van der Waals surface area (Å²) in [6.07, 6.45) is 9.24. The van der Waals surface area contributed by atoms with E-state index in [1.54, 1.807) is 0 Å². The van der Waals surface area contributed by atoms with Crippen molar-refractivity contribution in [2.24, 2.45) is 17.1 Å². The minimum atomic E-state index is 0.0418. The number of carbonyl (C=O) groups excluding carboxylic acids is 1. The molecule has 19 heavy (non-hydrogen) atoms. The van der Waals surface area contributed by atoms with Crippen molar-refractivity contribution in [1.82, 2.24) is 5.32 Å². The lowest BCUT2D eigenvalue weighted by Crippen LogP contribution is -2.45. The molecule has 1 fully saturated rings. The summed E-state index contributed by atoms with van der Waals surface area (Å²) in [6, 6.07) is 0.0666. The molecule has 0 saturated heterocycles. The number of nitrogens with two attached hydrogens (primary N) is 1. The summed E-state index contributed by atoms with van der Waals surface area (Å²) >= 11 is 0. The molecule has 2 atom stereocenters. The van der Waals surface area contributed by atoms with Crippen molar-refractivity contribution in [2.45, 2.75) is 78.2 Å². The van der Waals surface area contributed by atoms with Crippen LogP contribution in [0.2, 0.25) is 0 Å². The molecule has 0 aromatic carbocycles. The van der Waals surface area contributed by atoms with Gasteiger partial charge in [0.2, 0.25) is 5.91 Å². The fourth-order valence-corrected chi connectivity index (χ4v) is 2.88. The number of amides is 1. The predicted molar refractivity (Wildman–Crippen MR) is 80.9 cm³/mol. The predicted octanol–water partition coefficient (Wildman–Crippen LogP) is 3.23. The Balaban J connectivity index is 2.31. The molecule has 1 aliphatic carbocycles. The van der Waals surface area contributed by atoms with Crippen LogP contribution >= 0.6 is 0 Å². The molecule has 1 amide bonds. The maximum absolute atomic E-state index is 12.2. The Hall–Kier alpha value is -0.570. The first-order valence-electron chi connectivity index (χ1n) is 7.99. The third kappa shape index (κ3) is 5.94. The van der Waals surface area contributed by atoms with Crippen LogP contribution in [0, 0.1) is 11.3 Å². The monoisotopic (exact) mass is 268 g/mol. The second-order valence-corrected chi connectivity index (χ2v) is 6.89. The van der Waals surface area contributed by atoms with Crippen molar-refractivity contribution in [2.75, 3.05) is 6.54 Å². The Morgan fingerprint density at radius 2 is 1.95 bits per heavy atom. The van der Waals surface area contributed by atoms with Crippen LogP contribution in [0.25, 0.3) is 0 Å². The van der Waals surface area contributed by atoms with E-state index in [1.165, 1.54) is 32.1 Å². The highest BCUT2D eigenvalue weighted by Gasteiger charge is 2.29. The Labute approximate surface area is 118 Å². The van der Waals surface area contributed by atoms with E-state index in [0.717, 1.165) is 25.8 Å². The number of nitrogens with one attached hydrogen (secondary N) is 1. The second kappa shape index (κ2) is 7.88. The Kier molecular flexibility index (Phi) is 6.84. The van der Waals surface area contributed by atoms with Crippen LogP contribution in [0.15, 0.2) is 0 Å². The Morgan fingerprint density at radius 1 is 1.26 bits per heavy atom. The normalized spacial score (nSPS) is 24.2. The molecule has 1 aliphatic rings. The molecule has 0 bridgehead atoms. The van der Waals surface area contributed by atoms with Crippen molar-refractivity contribution in [3.05, 3.63) is 0 Å². The van der Waals surface area contributed by atoms with Gasteiger partial charge in [0.1, 0.15) is 0 Å². The number of hydrogen-bond acceptors (Lipinski definition) is 2. The van der Waals surface area contributed by atoms with Gasteiger partial charge in [-0.3, -0.25) is 4.79 Å². The van der Waals surface area contributed by atoms with Crippen LogP contribution in [-0.4, -0.2) is 18.5 Å². The van der Waals surface area contributed by atoms with E-state index in [1.807, 2.05) is 0 Å². The van der Waals surface area contributed by atoms with Crippen LogP contribution in [0.3, 0.4) is 0 Å². The van der Waals surface area contributed by atoms with Gasteiger partial charge in [-0.2, -0.15) is 0 Å². The minimum absolute atomic E-state index is 0.0418. The maximum atomic E-state index is 12.2. The summed E-state index contributed by atoms with van der Waals surface area (Å²) in [5.41, 5.74) is 6.25. The van der Waals surface area contributed by atoms with Crippen molar-refractivity contribution in [3.8, 4) is 0 Å². The Bertz CT molecular complexity index is 276. The maximum Gasteiger partial charge on any atom is 0.224 e. The molecule has 3 heteroatoms. The fourth-order valence-electron chi connectivity index (χ4n) is 2.88. The van der Waals surface area contributed by atoms with Gasteiger partial charge in [-0.15, -0.1) is 0 Å². The third-order valence-corrected chi connectivity index (χ3v) is 4.35. The zero-order valence-electron chi connectivity index (χ0n) is 13.0. The largest absolute Gasteiger partial charge is 0.355 e.